The number of rotatable bonds is 5. The predicted molar refractivity (Wildman–Crippen MR) is 102 cm³/mol. The zero-order valence-electron chi connectivity index (χ0n) is 14.8. The molecule has 26 heavy (non-hydrogen) atoms. The topological polar surface area (TPSA) is 46.9 Å². The highest BCUT2D eigenvalue weighted by Gasteiger charge is 2.23. The van der Waals surface area contributed by atoms with Crippen LogP contribution in [0.1, 0.15) is 39.8 Å². The number of nitrogens with zero attached hydrogens (tertiary/aromatic N) is 2. The molecule has 132 valence electrons. The maximum absolute atomic E-state index is 12.4. The van der Waals surface area contributed by atoms with Crippen molar-refractivity contribution >= 4 is 5.91 Å². The third-order valence-electron chi connectivity index (χ3n) is 5.04. The first-order chi connectivity index (χ1) is 12.8. The molecule has 0 radical (unpaired) electrons. The van der Waals surface area contributed by atoms with Gasteiger partial charge in [-0.1, -0.05) is 60.7 Å². The lowest BCUT2D eigenvalue weighted by Crippen LogP contribution is -2.26. The Hall–Kier alpha value is -2.88. The molecule has 0 aliphatic carbocycles. The van der Waals surface area contributed by atoms with Crippen LogP contribution in [-0.2, 0) is 19.4 Å². The molecule has 0 saturated heterocycles. The largest absolute Gasteiger partial charge is 0.350 e. The van der Waals surface area contributed by atoms with E-state index in [2.05, 4.69) is 51.3 Å². The Morgan fingerprint density at radius 3 is 2.58 bits per heavy atom. The molecule has 1 aliphatic rings. The number of fused-ring (bicyclic) bond motifs is 1. The van der Waals surface area contributed by atoms with Crippen molar-refractivity contribution < 1.29 is 4.79 Å². The quantitative estimate of drug-likeness (QED) is 0.768. The van der Waals surface area contributed by atoms with E-state index in [4.69, 9.17) is 0 Å². The molecule has 2 heterocycles. The van der Waals surface area contributed by atoms with Gasteiger partial charge in [-0.25, -0.2) is 4.98 Å². The lowest BCUT2D eigenvalue weighted by molar-refractivity contribution is 0.0949. The Bertz CT molecular complexity index is 871. The first-order valence-electron chi connectivity index (χ1n) is 9.23. The number of amides is 1. The summed E-state index contributed by atoms with van der Waals surface area (Å²) in [6.07, 6.45) is 4.73. The van der Waals surface area contributed by atoms with E-state index in [-0.39, 0.29) is 5.91 Å². The van der Waals surface area contributed by atoms with Gasteiger partial charge in [0, 0.05) is 31.6 Å². The highest BCUT2D eigenvalue weighted by molar-refractivity contribution is 5.92. The molecular formula is C22H23N3O. The lowest BCUT2D eigenvalue weighted by atomic mass is 9.92. The van der Waals surface area contributed by atoms with Crippen molar-refractivity contribution in [1.82, 2.24) is 14.9 Å². The Kier molecular flexibility index (Phi) is 4.82. The maximum Gasteiger partial charge on any atom is 0.271 e. The smallest absolute Gasteiger partial charge is 0.271 e. The van der Waals surface area contributed by atoms with E-state index in [1.165, 1.54) is 11.1 Å². The van der Waals surface area contributed by atoms with Gasteiger partial charge in [0.15, 0.2) is 0 Å². The summed E-state index contributed by atoms with van der Waals surface area (Å²) in [5, 5.41) is 2.98. The molecule has 0 fully saturated rings. The summed E-state index contributed by atoms with van der Waals surface area (Å²) in [7, 11) is 0. The molecular weight excluding hydrogens is 322 g/mol. The van der Waals surface area contributed by atoms with Crippen LogP contribution in [0.5, 0.6) is 0 Å². The van der Waals surface area contributed by atoms with Crippen LogP contribution in [0.2, 0.25) is 0 Å². The number of nitrogens with one attached hydrogen (secondary N) is 1. The minimum absolute atomic E-state index is 0.0842. The molecule has 3 aromatic rings. The zero-order valence-corrected chi connectivity index (χ0v) is 14.8. The maximum atomic E-state index is 12.4. The van der Waals surface area contributed by atoms with Crippen LogP contribution in [0.4, 0.5) is 0 Å². The molecule has 4 nitrogen and oxygen atoms in total. The second-order valence-electron chi connectivity index (χ2n) is 6.83. The minimum Gasteiger partial charge on any atom is -0.350 e. The second kappa shape index (κ2) is 7.56. The number of carbonyl (C=O) groups excluding carboxylic acids is 1. The molecule has 0 unspecified atom stereocenters. The fraction of sp³-hybridized carbons (Fsp3) is 0.273. The first-order valence-corrected chi connectivity index (χ1v) is 9.23. The number of imidazole rings is 1. The number of carbonyl (C=O) groups is 1. The van der Waals surface area contributed by atoms with Crippen LogP contribution in [-0.4, -0.2) is 22.0 Å². The summed E-state index contributed by atoms with van der Waals surface area (Å²) < 4.78 is 2.15. The summed E-state index contributed by atoms with van der Waals surface area (Å²) >= 11 is 0. The van der Waals surface area contributed by atoms with Crippen LogP contribution in [0.15, 0.2) is 66.9 Å². The van der Waals surface area contributed by atoms with Crippen molar-refractivity contribution in [3.63, 3.8) is 0 Å². The third kappa shape index (κ3) is 3.69. The number of hydrogen-bond acceptors (Lipinski definition) is 2. The van der Waals surface area contributed by atoms with E-state index in [0.717, 1.165) is 31.6 Å². The van der Waals surface area contributed by atoms with Gasteiger partial charge in [0.25, 0.3) is 5.91 Å². The third-order valence-corrected chi connectivity index (χ3v) is 5.04. The van der Waals surface area contributed by atoms with Crippen LogP contribution < -0.4 is 5.32 Å². The molecule has 0 saturated carbocycles. The van der Waals surface area contributed by atoms with E-state index < -0.39 is 0 Å². The predicted octanol–water partition coefficient (Wildman–Crippen LogP) is 3.59. The van der Waals surface area contributed by atoms with Crippen molar-refractivity contribution in [2.45, 2.75) is 31.7 Å². The average molecular weight is 345 g/mol. The van der Waals surface area contributed by atoms with E-state index in [1.54, 1.807) is 0 Å². The second-order valence-corrected chi connectivity index (χ2v) is 6.83. The van der Waals surface area contributed by atoms with Crippen LogP contribution in [0, 0.1) is 0 Å². The molecule has 1 atom stereocenters. The Balaban J connectivity index is 1.37. The molecule has 4 heteroatoms. The van der Waals surface area contributed by atoms with Gasteiger partial charge in [-0.3, -0.25) is 4.79 Å². The highest BCUT2D eigenvalue weighted by Crippen LogP contribution is 2.28. The summed E-state index contributed by atoms with van der Waals surface area (Å²) in [4.78, 5) is 17.0. The SMILES string of the molecule is O=C(NCCc1ccccc1)c1cn2c(n1)CC[C@@H](c1ccccc1)C2. The molecule has 0 bridgehead atoms. The van der Waals surface area contributed by atoms with E-state index in [0.29, 0.717) is 18.2 Å². The summed E-state index contributed by atoms with van der Waals surface area (Å²) in [6, 6.07) is 20.8. The van der Waals surface area contributed by atoms with Crippen LogP contribution in [0.3, 0.4) is 0 Å². The number of aryl methyl sites for hydroxylation is 1. The molecule has 0 spiro atoms. The molecule has 2 aromatic carbocycles. The van der Waals surface area contributed by atoms with E-state index in [9.17, 15) is 4.79 Å². The zero-order chi connectivity index (χ0) is 17.8. The van der Waals surface area contributed by atoms with Crippen molar-refractivity contribution in [3.05, 3.63) is 89.5 Å². The van der Waals surface area contributed by atoms with Crippen molar-refractivity contribution in [3.8, 4) is 0 Å². The Morgan fingerprint density at radius 2 is 1.81 bits per heavy atom. The summed E-state index contributed by atoms with van der Waals surface area (Å²) in [6.45, 7) is 1.52. The fourth-order valence-electron chi connectivity index (χ4n) is 3.61. The summed E-state index contributed by atoms with van der Waals surface area (Å²) in [5.74, 6) is 1.43. The Labute approximate surface area is 153 Å². The fourth-order valence-corrected chi connectivity index (χ4v) is 3.61. The minimum atomic E-state index is -0.0842. The number of benzene rings is 2. The summed E-state index contributed by atoms with van der Waals surface area (Å²) in [5.41, 5.74) is 3.12. The van der Waals surface area contributed by atoms with Gasteiger partial charge in [-0.05, 0) is 24.0 Å². The van der Waals surface area contributed by atoms with Gasteiger partial charge >= 0.3 is 0 Å². The van der Waals surface area contributed by atoms with Crippen molar-refractivity contribution in [1.29, 1.82) is 0 Å². The molecule has 4 rings (SSSR count). The van der Waals surface area contributed by atoms with Crippen LogP contribution >= 0.6 is 0 Å². The first kappa shape index (κ1) is 16.6. The average Bonchev–Trinajstić information content (AvgIpc) is 3.13. The van der Waals surface area contributed by atoms with Gasteiger partial charge in [-0.2, -0.15) is 0 Å². The highest BCUT2D eigenvalue weighted by atomic mass is 16.1. The normalized spacial score (nSPS) is 16.1. The lowest BCUT2D eigenvalue weighted by Gasteiger charge is -2.23. The number of aromatic nitrogens is 2. The van der Waals surface area contributed by atoms with Gasteiger partial charge in [0.05, 0.1) is 0 Å². The number of hydrogen-bond donors (Lipinski definition) is 1. The Morgan fingerprint density at radius 1 is 1.08 bits per heavy atom. The van der Waals surface area contributed by atoms with Crippen molar-refractivity contribution in [2.75, 3.05) is 6.54 Å². The standard InChI is InChI=1S/C22H23N3O/c26-22(23-14-13-17-7-3-1-4-8-17)20-16-25-15-19(11-12-21(25)24-20)18-9-5-2-6-10-18/h1-10,16,19H,11-15H2,(H,23,26)/t19-/m1/s1. The monoisotopic (exact) mass is 345 g/mol. The van der Waals surface area contributed by atoms with Gasteiger partial charge < -0.3 is 9.88 Å². The van der Waals surface area contributed by atoms with Gasteiger partial charge in [-0.15, -0.1) is 0 Å². The molecule has 1 amide bonds. The van der Waals surface area contributed by atoms with E-state index in [1.807, 2.05) is 30.5 Å². The van der Waals surface area contributed by atoms with Crippen LogP contribution in [0.25, 0.3) is 0 Å². The van der Waals surface area contributed by atoms with Gasteiger partial charge in [0.1, 0.15) is 11.5 Å². The molecule has 1 N–H and O–H groups in total. The van der Waals surface area contributed by atoms with Crippen molar-refractivity contribution in [2.24, 2.45) is 0 Å². The van der Waals surface area contributed by atoms with E-state index >= 15 is 0 Å². The van der Waals surface area contributed by atoms with Gasteiger partial charge in [0.2, 0.25) is 0 Å². The molecule has 1 aromatic heterocycles. The molecule has 1 aliphatic heterocycles.